The van der Waals surface area contributed by atoms with E-state index in [0.717, 1.165) is 11.8 Å². The van der Waals surface area contributed by atoms with Crippen molar-refractivity contribution < 1.29 is 22.1 Å². The van der Waals surface area contributed by atoms with Crippen LogP contribution in [0.3, 0.4) is 0 Å². The van der Waals surface area contributed by atoms with E-state index < -0.39 is 34.3 Å². The van der Waals surface area contributed by atoms with Crippen LogP contribution in [-0.4, -0.2) is 35.9 Å². The number of rotatable bonds is 3. The summed E-state index contributed by atoms with van der Waals surface area (Å²) in [6.45, 7) is 9.17. The molecule has 2 aromatic rings. The van der Waals surface area contributed by atoms with Gasteiger partial charge in [-0.25, -0.2) is 0 Å². The van der Waals surface area contributed by atoms with Gasteiger partial charge in [-0.15, -0.1) is 5.10 Å². The minimum Gasteiger partial charge on any atom is -0.399 e. The van der Waals surface area contributed by atoms with Gasteiger partial charge in [-0.3, -0.25) is 0 Å². The maximum atomic E-state index is 14.3. The van der Waals surface area contributed by atoms with Gasteiger partial charge in [0.15, 0.2) is 0 Å². The standard InChI is InChI=1S/C16H20BFN2O4S/c1-11-6-8-12(9-7-11)25(21,22)20-10-13(14(18)19-20)17-23-15(2,3)16(4,5)24-17/h6-10H,1-5H3. The molecular formula is C16H20BFN2O4S. The average Bonchev–Trinajstić information content (AvgIpc) is 2.97. The number of aryl methyl sites for hydroxylation is 1. The van der Waals surface area contributed by atoms with E-state index in [-0.39, 0.29) is 10.4 Å². The second-order valence-corrected chi connectivity index (χ2v) is 8.95. The summed E-state index contributed by atoms with van der Waals surface area (Å²) in [5.41, 5.74) is -0.456. The average molecular weight is 366 g/mol. The van der Waals surface area contributed by atoms with E-state index in [2.05, 4.69) is 5.10 Å². The normalized spacial score (nSPS) is 19.4. The first-order chi connectivity index (χ1) is 11.4. The molecule has 25 heavy (non-hydrogen) atoms. The first-order valence-corrected chi connectivity index (χ1v) is 9.31. The predicted molar refractivity (Wildman–Crippen MR) is 91.7 cm³/mol. The molecule has 0 atom stereocenters. The van der Waals surface area contributed by atoms with Crippen molar-refractivity contribution in [1.82, 2.24) is 9.19 Å². The lowest BCUT2D eigenvalue weighted by molar-refractivity contribution is 0.00578. The molecular weight excluding hydrogens is 346 g/mol. The van der Waals surface area contributed by atoms with Crippen LogP contribution in [0.2, 0.25) is 0 Å². The molecule has 0 saturated carbocycles. The molecule has 1 fully saturated rings. The van der Waals surface area contributed by atoms with E-state index >= 15 is 0 Å². The van der Waals surface area contributed by atoms with Crippen molar-refractivity contribution in [1.29, 1.82) is 0 Å². The van der Waals surface area contributed by atoms with Crippen molar-refractivity contribution >= 4 is 22.6 Å². The number of nitrogens with zero attached hydrogens (tertiary/aromatic N) is 2. The summed E-state index contributed by atoms with van der Waals surface area (Å²) in [7, 11) is -5.01. The summed E-state index contributed by atoms with van der Waals surface area (Å²) in [6.07, 6.45) is 1.10. The zero-order valence-electron chi connectivity index (χ0n) is 14.8. The highest BCUT2D eigenvalue weighted by Gasteiger charge is 2.53. The summed E-state index contributed by atoms with van der Waals surface area (Å²) < 4.78 is 51.7. The fourth-order valence-electron chi connectivity index (χ4n) is 2.41. The van der Waals surface area contributed by atoms with Gasteiger partial charge in [-0.05, 0) is 46.8 Å². The van der Waals surface area contributed by atoms with E-state index in [1.54, 1.807) is 12.1 Å². The van der Waals surface area contributed by atoms with Gasteiger partial charge in [-0.2, -0.15) is 16.9 Å². The van der Waals surface area contributed by atoms with E-state index in [1.807, 2.05) is 34.6 Å². The van der Waals surface area contributed by atoms with Crippen LogP contribution >= 0.6 is 0 Å². The van der Waals surface area contributed by atoms with Gasteiger partial charge in [0.05, 0.1) is 21.6 Å². The maximum absolute atomic E-state index is 14.3. The SMILES string of the molecule is Cc1ccc(S(=O)(=O)n2cc(B3OC(C)(C)C(C)(C)O3)c(F)n2)cc1. The lowest BCUT2D eigenvalue weighted by Gasteiger charge is -2.32. The smallest absolute Gasteiger partial charge is 0.399 e. The summed E-state index contributed by atoms with van der Waals surface area (Å²) in [6, 6.07) is 6.25. The van der Waals surface area contributed by atoms with Gasteiger partial charge >= 0.3 is 7.12 Å². The Kier molecular flexibility index (Phi) is 4.09. The molecule has 1 aromatic carbocycles. The van der Waals surface area contributed by atoms with Gasteiger partial charge in [0.1, 0.15) is 0 Å². The highest BCUT2D eigenvalue weighted by molar-refractivity contribution is 7.89. The van der Waals surface area contributed by atoms with Gasteiger partial charge in [-0.1, -0.05) is 17.7 Å². The van der Waals surface area contributed by atoms with E-state index in [9.17, 15) is 12.8 Å². The monoisotopic (exact) mass is 366 g/mol. The fraction of sp³-hybridized carbons (Fsp3) is 0.438. The molecule has 3 rings (SSSR count). The molecule has 0 bridgehead atoms. The van der Waals surface area contributed by atoms with Crippen molar-refractivity contribution in [2.24, 2.45) is 0 Å². The van der Waals surface area contributed by atoms with E-state index in [0.29, 0.717) is 4.09 Å². The Morgan fingerprint density at radius 2 is 1.60 bits per heavy atom. The first-order valence-electron chi connectivity index (χ1n) is 7.87. The molecule has 1 saturated heterocycles. The van der Waals surface area contributed by atoms with Gasteiger partial charge in [0, 0.05) is 6.20 Å². The zero-order chi connectivity index (χ0) is 18.6. The van der Waals surface area contributed by atoms with Crippen LogP contribution < -0.4 is 5.46 Å². The molecule has 0 amide bonds. The Morgan fingerprint density at radius 3 is 2.12 bits per heavy atom. The Bertz CT molecular complexity index is 891. The summed E-state index contributed by atoms with van der Waals surface area (Å²) in [5.74, 6) is -0.936. The predicted octanol–water partition coefficient (Wildman–Crippen LogP) is 1.87. The molecule has 2 heterocycles. The van der Waals surface area contributed by atoms with Crippen LogP contribution in [0.5, 0.6) is 0 Å². The summed E-state index contributed by atoms with van der Waals surface area (Å²) in [5, 5.41) is 3.52. The molecule has 0 N–H and O–H groups in total. The Labute approximate surface area is 147 Å². The molecule has 9 heteroatoms. The van der Waals surface area contributed by atoms with Crippen LogP contribution in [-0.2, 0) is 19.3 Å². The van der Waals surface area contributed by atoms with Crippen molar-refractivity contribution in [3.8, 4) is 0 Å². The summed E-state index contributed by atoms with van der Waals surface area (Å²) in [4.78, 5) is 0.0288. The number of hydrogen-bond acceptors (Lipinski definition) is 5. The fourth-order valence-corrected chi connectivity index (χ4v) is 3.54. The van der Waals surface area contributed by atoms with Gasteiger partial charge in [0.2, 0.25) is 5.95 Å². The molecule has 1 aliphatic heterocycles. The van der Waals surface area contributed by atoms with Crippen molar-refractivity contribution in [2.45, 2.75) is 50.7 Å². The minimum absolute atomic E-state index is 0.0288. The third-order valence-electron chi connectivity index (χ3n) is 4.75. The Hall–Kier alpha value is -1.71. The molecule has 0 aliphatic carbocycles. The molecule has 1 aliphatic rings. The molecule has 0 spiro atoms. The first kappa shape index (κ1) is 18.1. The molecule has 6 nitrogen and oxygen atoms in total. The topological polar surface area (TPSA) is 70.4 Å². The quantitative estimate of drug-likeness (QED) is 0.776. The third kappa shape index (κ3) is 3.00. The van der Waals surface area contributed by atoms with Crippen LogP contribution in [0.1, 0.15) is 33.3 Å². The number of aromatic nitrogens is 2. The third-order valence-corrected chi connectivity index (χ3v) is 6.29. The number of benzene rings is 1. The molecule has 0 radical (unpaired) electrons. The highest BCUT2D eigenvalue weighted by atomic mass is 32.2. The lowest BCUT2D eigenvalue weighted by atomic mass is 9.81. The molecule has 134 valence electrons. The Morgan fingerprint density at radius 1 is 1.08 bits per heavy atom. The lowest BCUT2D eigenvalue weighted by Crippen LogP contribution is -2.41. The van der Waals surface area contributed by atoms with Gasteiger partial charge in [0.25, 0.3) is 10.0 Å². The van der Waals surface area contributed by atoms with Crippen LogP contribution in [0.4, 0.5) is 4.39 Å². The zero-order valence-corrected chi connectivity index (χ0v) is 15.6. The van der Waals surface area contributed by atoms with Crippen molar-refractivity contribution in [3.63, 3.8) is 0 Å². The minimum atomic E-state index is -3.99. The van der Waals surface area contributed by atoms with E-state index in [1.165, 1.54) is 12.1 Å². The maximum Gasteiger partial charge on any atom is 0.501 e. The Balaban J connectivity index is 1.97. The van der Waals surface area contributed by atoms with Gasteiger partial charge < -0.3 is 9.31 Å². The van der Waals surface area contributed by atoms with Crippen LogP contribution in [0.15, 0.2) is 35.4 Å². The summed E-state index contributed by atoms with van der Waals surface area (Å²) >= 11 is 0. The van der Waals surface area contributed by atoms with Crippen LogP contribution in [0.25, 0.3) is 0 Å². The van der Waals surface area contributed by atoms with Crippen LogP contribution in [0, 0.1) is 12.9 Å². The number of halogens is 1. The number of hydrogen-bond donors (Lipinski definition) is 0. The molecule has 0 unspecified atom stereocenters. The second-order valence-electron chi connectivity index (χ2n) is 7.15. The molecule has 1 aromatic heterocycles. The van der Waals surface area contributed by atoms with Crippen molar-refractivity contribution in [2.75, 3.05) is 0 Å². The van der Waals surface area contributed by atoms with Crippen molar-refractivity contribution in [3.05, 3.63) is 42.0 Å². The van der Waals surface area contributed by atoms with E-state index in [4.69, 9.17) is 9.31 Å². The second kappa shape index (κ2) is 5.65. The highest BCUT2D eigenvalue weighted by Crippen LogP contribution is 2.36. The largest absolute Gasteiger partial charge is 0.501 e.